The van der Waals surface area contributed by atoms with Crippen LogP contribution in [0.5, 0.6) is 0 Å². The average Bonchev–Trinajstić information content (AvgIpc) is 2.99. The minimum Gasteiger partial charge on any atom is -0.463 e. The Hall–Kier alpha value is -2.28. The number of nitrogens with one attached hydrogen (secondary N) is 1. The Morgan fingerprint density at radius 3 is 1.63 bits per heavy atom. The molecule has 0 heterocycles. The summed E-state index contributed by atoms with van der Waals surface area (Å²) in [6.07, 6.45) is 3.35. The highest BCUT2D eigenvalue weighted by Gasteiger charge is 2.16. The van der Waals surface area contributed by atoms with Crippen molar-refractivity contribution in [1.82, 2.24) is 5.32 Å². The highest BCUT2D eigenvalue weighted by molar-refractivity contribution is 5.72. The fourth-order valence-electron chi connectivity index (χ4n) is 3.46. The van der Waals surface area contributed by atoms with E-state index >= 15 is 0 Å². The molecule has 1 N–H and O–H groups in total. The fraction of sp³-hybridized carbons (Fsp3) is 0.733. The third-order valence-electron chi connectivity index (χ3n) is 5.79. The van der Waals surface area contributed by atoms with E-state index in [0.29, 0.717) is 85.8 Å². The van der Waals surface area contributed by atoms with Gasteiger partial charge in [-0.1, -0.05) is 57.0 Å². The minimum atomic E-state index is -0.470. The van der Waals surface area contributed by atoms with Crippen LogP contribution in [0.15, 0.2) is 30.3 Å². The highest BCUT2D eigenvalue weighted by Crippen LogP contribution is 2.14. The Morgan fingerprint density at radius 1 is 0.659 bits per heavy atom. The summed E-state index contributed by atoms with van der Waals surface area (Å²) in [5.74, 6) is -0.130. The van der Waals surface area contributed by atoms with Crippen molar-refractivity contribution in [2.45, 2.75) is 46.1 Å². The molecular formula is C30H51NO10. The van der Waals surface area contributed by atoms with Crippen LogP contribution in [-0.4, -0.2) is 104 Å². The number of carbonyl (C=O) groups is 2. The first-order chi connectivity index (χ1) is 20.2. The molecule has 41 heavy (non-hydrogen) atoms. The van der Waals surface area contributed by atoms with Crippen LogP contribution < -0.4 is 5.32 Å². The standard InChI is InChI=1S/C30H51NO10/c1-3-5-11-28(4-2)29(32)40-25-24-39-23-22-38-21-20-37-19-18-36-17-16-35-15-14-34-13-12-31-30(33)41-26-27-9-7-6-8-10-27/h6-10,28H,3-5,11-26H2,1-2H3,(H,31,33). The number of unbranched alkanes of at least 4 members (excludes halogenated alkanes) is 1. The van der Waals surface area contributed by atoms with Gasteiger partial charge in [0.2, 0.25) is 0 Å². The molecule has 0 spiro atoms. The summed E-state index contributed by atoms with van der Waals surface area (Å²) in [5.41, 5.74) is 0.937. The molecule has 0 saturated carbocycles. The molecule has 1 amide bonds. The summed E-state index contributed by atoms with van der Waals surface area (Å²) in [4.78, 5) is 23.6. The first-order valence-corrected chi connectivity index (χ1v) is 14.7. The molecule has 0 bridgehead atoms. The second-order valence-electron chi connectivity index (χ2n) is 9.08. The van der Waals surface area contributed by atoms with Gasteiger partial charge in [0, 0.05) is 6.54 Å². The van der Waals surface area contributed by atoms with E-state index in [4.69, 9.17) is 37.9 Å². The second kappa shape index (κ2) is 27.9. The van der Waals surface area contributed by atoms with Crippen molar-refractivity contribution >= 4 is 12.1 Å². The molecule has 0 aromatic heterocycles. The molecule has 0 fully saturated rings. The van der Waals surface area contributed by atoms with Gasteiger partial charge in [-0.25, -0.2) is 4.79 Å². The highest BCUT2D eigenvalue weighted by atomic mass is 16.6. The minimum absolute atomic E-state index is 0.00589. The van der Waals surface area contributed by atoms with Crippen LogP contribution in [0.25, 0.3) is 0 Å². The fourth-order valence-corrected chi connectivity index (χ4v) is 3.46. The summed E-state index contributed by atoms with van der Waals surface area (Å²) < 4.78 is 43.0. The van der Waals surface area contributed by atoms with Crippen LogP contribution in [0, 0.1) is 5.92 Å². The number of carbonyl (C=O) groups excluding carboxylic acids is 2. The van der Waals surface area contributed by atoms with E-state index in [9.17, 15) is 9.59 Å². The molecular weight excluding hydrogens is 534 g/mol. The van der Waals surface area contributed by atoms with E-state index in [-0.39, 0.29) is 25.1 Å². The van der Waals surface area contributed by atoms with Crippen molar-refractivity contribution in [3.63, 3.8) is 0 Å². The molecule has 0 aliphatic carbocycles. The van der Waals surface area contributed by atoms with Crippen molar-refractivity contribution in [2.24, 2.45) is 5.92 Å². The zero-order chi connectivity index (χ0) is 29.6. The average molecular weight is 586 g/mol. The molecule has 1 aromatic carbocycles. The quantitative estimate of drug-likeness (QED) is 0.115. The number of esters is 1. The molecule has 1 unspecified atom stereocenters. The van der Waals surface area contributed by atoms with Crippen LogP contribution >= 0.6 is 0 Å². The number of alkyl carbamates (subject to hydrolysis) is 1. The zero-order valence-electron chi connectivity index (χ0n) is 25.0. The van der Waals surface area contributed by atoms with Gasteiger partial charge in [-0.05, 0) is 18.4 Å². The molecule has 11 nitrogen and oxygen atoms in total. The maximum Gasteiger partial charge on any atom is 0.407 e. The monoisotopic (exact) mass is 585 g/mol. The van der Waals surface area contributed by atoms with Gasteiger partial charge in [-0.2, -0.15) is 0 Å². The van der Waals surface area contributed by atoms with Crippen LogP contribution in [0.1, 0.15) is 45.1 Å². The van der Waals surface area contributed by atoms with Gasteiger partial charge >= 0.3 is 12.1 Å². The van der Waals surface area contributed by atoms with Gasteiger partial charge < -0.3 is 43.2 Å². The predicted octanol–water partition coefficient (Wildman–Crippen LogP) is 3.77. The number of hydrogen-bond acceptors (Lipinski definition) is 10. The van der Waals surface area contributed by atoms with Crippen LogP contribution in [-0.2, 0) is 49.3 Å². The molecule has 1 aromatic rings. The Bertz CT molecular complexity index is 737. The maximum atomic E-state index is 12.0. The first-order valence-electron chi connectivity index (χ1n) is 14.7. The van der Waals surface area contributed by atoms with E-state index in [1.165, 1.54) is 0 Å². The Kier molecular flexibility index (Phi) is 25.0. The normalized spacial score (nSPS) is 11.8. The van der Waals surface area contributed by atoms with Gasteiger partial charge in [0.1, 0.15) is 13.2 Å². The third kappa shape index (κ3) is 23.0. The molecule has 1 atom stereocenters. The van der Waals surface area contributed by atoms with Gasteiger partial charge in [-0.3, -0.25) is 4.79 Å². The lowest BCUT2D eigenvalue weighted by Crippen LogP contribution is -2.28. The lowest BCUT2D eigenvalue weighted by molar-refractivity contribution is -0.150. The molecule has 1 rings (SSSR count). The van der Waals surface area contributed by atoms with E-state index in [0.717, 1.165) is 31.2 Å². The summed E-state index contributed by atoms with van der Waals surface area (Å²) >= 11 is 0. The molecule has 0 aliphatic rings. The number of benzene rings is 1. The number of amides is 1. The van der Waals surface area contributed by atoms with Gasteiger partial charge in [0.15, 0.2) is 0 Å². The van der Waals surface area contributed by atoms with Crippen LogP contribution in [0.3, 0.4) is 0 Å². The van der Waals surface area contributed by atoms with E-state index < -0.39 is 6.09 Å². The maximum absolute atomic E-state index is 12.0. The van der Waals surface area contributed by atoms with Gasteiger partial charge in [0.25, 0.3) is 0 Å². The molecule has 236 valence electrons. The zero-order valence-corrected chi connectivity index (χ0v) is 25.0. The number of rotatable bonds is 28. The predicted molar refractivity (Wildman–Crippen MR) is 154 cm³/mol. The Labute approximate surface area is 245 Å². The van der Waals surface area contributed by atoms with Crippen molar-refractivity contribution in [3.05, 3.63) is 35.9 Å². The number of hydrogen-bond donors (Lipinski definition) is 1. The molecule has 0 saturated heterocycles. The Balaban J connectivity index is 1.73. The summed E-state index contributed by atoms with van der Waals surface area (Å²) in [7, 11) is 0. The largest absolute Gasteiger partial charge is 0.463 e. The second-order valence-corrected chi connectivity index (χ2v) is 9.08. The molecule has 0 radical (unpaired) electrons. The topological polar surface area (TPSA) is 120 Å². The van der Waals surface area contributed by atoms with Gasteiger partial charge in [0.05, 0.1) is 85.2 Å². The lowest BCUT2D eigenvalue weighted by atomic mass is 10.00. The van der Waals surface area contributed by atoms with Crippen LogP contribution in [0.2, 0.25) is 0 Å². The van der Waals surface area contributed by atoms with Crippen molar-refractivity contribution in [2.75, 3.05) is 92.4 Å². The molecule has 0 aliphatic heterocycles. The third-order valence-corrected chi connectivity index (χ3v) is 5.79. The van der Waals surface area contributed by atoms with E-state index in [2.05, 4.69) is 12.2 Å². The van der Waals surface area contributed by atoms with E-state index in [1.807, 2.05) is 37.3 Å². The lowest BCUT2D eigenvalue weighted by Gasteiger charge is -2.13. The smallest absolute Gasteiger partial charge is 0.407 e. The molecule has 11 heteroatoms. The van der Waals surface area contributed by atoms with Crippen molar-refractivity contribution < 1.29 is 47.5 Å². The number of ether oxygens (including phenoxy) is 8. The van der Waals surface area contributed by atoms with Gasteiger partial charge in [-0.15, -0.1) is 0 Å². The van der Waals surface area contributed by atoms with Crippen molar-refractivity contribution in [3.8, 4) is 0 Å². The first kappa shape index (κ1) is 36.7. The Morgan fingerprint density at radius 2 is 1.15 bits per heavy atom. The SMILES string of the molecule is CCCCC(CC)C(=O)OCCOCCOCCOCCOCCOCCOCCNC(=O)OCc1ccccc1. The summed E-state index contributed by atoms with van der Waals surface area (Å²) in [5, 5.41) is 2.64. The van der Waals surface area contributed by atoms with E-state index in [1.54, 1.807) is 0 Å². The van der Waals surface area contributed by atoms with Crippen molar-refractivity contribution in [1.29, 1.82) is 0 Å². The van der Waals surface area contributed by atoms with Crippen LogP contribution in [0.4, 0.5) is 4.79 Å². The summed E-state index contributed by atoms with van der Waals surface area (Å²) in [6.45, 7) is 10.4. The summed E-state index contributed by atoms with van der Waals surface area (Å²) in [6, 6.07) is 9.50.